The second kappa shape index (κ2) is 8.42. The van der Waals surface area contributed by atoms with Crippen molar-refractivity contribution in [2.45, 2.75) is 39.9 Å². The molecule has 1 rings (SSSR count). The molecule has 0 saturated carbocycles. The van der Waals surface area contributed by atoms with Gasteiger partial charge in [0.2, 0.25) is 0 Å². The van der Waals surface area contributed by atoms with E-state index in [1.807, 2.05) is 32.9 Å². The first-order valence-electron chi connectivity index (χ1n) is 7.15. The minimum absolute atomic E-state index is 0.0418. The van der Waals surface area contributed by atoms with Gasteiger partial charge < -0.3 is 14.7 Å². The quantitative estimate of drug-likeness (QED) is 0.800. The van der Waals surface area contributed by atoms with Gasteiger partial charge in [0, 0.05) is 18.7 Å². The van der Waals surface area contributed by atoms with Gasteiger partial charge >= 0.3 is 5.97 Å². The Morgan fingerprint density at radius 3 is 2.33 bits per heavy atom. The number of benzene rings is 1. The molecule has 21 heavy (non-hydrogen) atoms. The summed E-state index contributed by atoms with van der Waals surface area (Å²) < 4.78 is 5.50. The number of carboxylic acid groups (broad SMARTS) is 1. The van der Waals surface area contributed by atoms with Crippen LogP contribution in [0.1, 0.15) is 43.1 Å². The Bertz CT molecular complexity index is 468. The van der Waals surface area contributed by atoms with Crippen LogP contribution in [-0.4, -0.2) is 41.1 Å². The minimum Gasteiger partial charge on any atom is -0.481 e. The largest absolute Gasteiger partial charge is 0.481 e. The molecular weight excluding hydrogens is 270 g/mol. The van der Waals surface area contributed by atoms with Crippen LogP contribution in [0.2, 0.25) is 0 Å². The third-order valence-corrected chi connectivity index (χ3v) is 3.05. The number of nitrogens with zero attached hydrogens (tertiary/aromatic N) is 1. The van der Waals surface area contributed by atoms with E-state index in [9.17, 15) is 9.59 Å². The van der Waals surface area contributed by atoms with Crippen LogP contribution in [0.25, 0.3) is 0 Å². The van der Waals surface area contributed by atoms with Crippen LogP contribution in [-0.2, 0) is 16.1 Å². The summed E-state index contributed by atoms with van der Waals surface area (Å²) in [4.78, 5) is 24.4. The molecule has 0 aliphatic heterocycles. The maximum atomic E-state index is 12.3. The molecule has 1 amide bonds. The third-order valence-electron chi connectivity index (χ3n) is 3.05. The summed E-state index contributed by atoms with van der Waals surface area (Å²) in [7, 11) is 0. The van der Waals surface area contributed by atoms with Gasteiger partial charge in [-0.25, -0.2) is 0 Å². The molecule has 1 aromatic carbocycles. The molecule has 0 aliphatic carbocycles. The molecule has 0 spiro atoms. The van der Waals surface area contributed by atoms with Crippen LogP contribution in [0.4, 0.5) is 0 Å². The van der Waals surface area contributed by atoms with E-state index in [-0.39, 0.29) is 25.0 Å². The van der Waals surface area contributed by atoms with Gasteiger partial charge in [-0.1, -0.05) is 12.1 Å². The Balaban J connectivity index is 2.66. The van der Waals surface area contributed by atoms with Crippen molar-refractivity contribution in [3.8, 4) is 0 Å². The molecule has 116 valence electrons. The van der Waals surface area contributed by atoms with Gasteiger partial charge in [-0.3, -0.25) is 9.59 Å². The van der Waals surface area contributed by atoms with Gasteiger partial charge in [0.1, 0.15) is 0 Å². The minimum atomic E-state index is -0.901. The predicted octanol–water partition coefficient (Wildman–Crippen LogP) is 2.55. The van der Waals surface area contributed by atoms with E-state index in [1.54, 1.807) is 12.1 Å². The number of carboxylic acids is 1. The van der Waals surface area contributed by atoms with Crippen molar-refractivity contribution in [1.82, 2.24) is 4.90 Å². The normalized spacial score (nSPS) is 10.7. The topological polar surface area (TPSA) is 66.8 Å². The molecular formula is C16H23NO4. The van der Waals surface area contributed by atoms with E-state index >= 15 is 0 Å². The lowest BCUT2D eigenvalue weighted by Crippen LogP contribution is -2.32. The van der Waals surface area contributed by atoms with Crippen molar-refractivity contribution in [2.75, 3.05) is 13.1 Å². The highest BCUT2D eigenvalue weighted by molar-refractivity contribution is 5.94. The number of aliphatic carboxylic acids is 1. The number of hydrogen-bond acceptors (Lipinski definition) is 3. The second-order valence-corrected chi connectivity index (χ2v) is 5.09. The molecule has 0 fully saturated rings. The van der Waals surface area contributed by atoms with Crippen molar-refractivity contribution in [3.63, 3.8) is 0 Å². The number of rotatable bonds is 8. The second-order valence-electron chi connectivity index (χ2n) is 5.09. The first-order valence-corrected chi connectivity index (χ1v) is 7.15. The molecule has 1 aromatic rings. The standard InChI is InChI=1S/C16H23NO4/c1-4-17(10-9-15(18)19)16(20)14-7-5-13(6-8-14)11-21-12(2)3/h5-8,12H,4,9-11H2,1-3H3,(H,18,19). The van der Waals surface area contributed by atoms with Crippen LogP contribution in [0, 0.1) is 0 Å². The molecule has 0 radical (unpaired) electrons. The molecule has 0 unspecified atom stereocenters. The molecule has 0 heterocycles. The summed E-state index contributed by atoms with van der Waals surface area (Å²) in [5, 5.41) is 8.70. The molecule has 5 heteroatoms. The van der Waals surface area contributed by atoms with E-state index in [1.165, 1.54) is 4.90 Å². The maximum absolute atomic E-state index is 12.3. The zero-order valence-corrected chi connectivity index (χ0v) is 12.8. The zero-order valence-electron chi connectivity index (χ0n) is 12.8. The van der Waals surface area contributed by atoms with Gasteiger partial charge in [0.25, 0.3) is 5.91 Å². The first-order chi connectivity index (χ1) is 9.93. The van der Waals surface area contributed by atoms with Crippen molar-refractivity contribution in [2.24, 2.45) is 0 Å². The van der Waals surface area contributed by atoms with E-state index in [0.29, 0.717) is 18.7 Å². The number of carbonyl (C=O) groups is 2. The summed E-state index contributed by atoms with van der Waals surface area (Å²) in [6, 6.07) is 7.23. The molecule has 1 N–H and O–H groups in total. The molecule has 0 aromatic heterocycles. The van der Waals surface area contributed by atoms with Gasteiger partial charge in [-0.2, -0.15) is 0 Å². The number of ether oxygens (including phenoxy) is 1. The Kier molecular flexibility index (Phi) is 6.88. The summed E-state index contributed by atoms with van der Waals surface area (Å²) in [5.74, 6) is -1.04. The summed E-state index contributed by atoms with van der Waals surface area (Å²) in [5.41, 5.74) is 1.57. The van der Waals surface area contributed by atoms with E-state index in [2.05, 4.69) is 0 Å². The van der Waals surface area contributed by atoms with Crippen LogP contribution in [0.15, 0.2) is 24.3 Å². The first kappa shape index (κ1) is 17.2. The van der Waals surface area contributed by atoms with Gasteiger partial charge in [-0.15, -0.1) is 0 Å². The highest BCUT2D eigenvalue weighted by Gasteiger charge is 2.15. The summed E-state index contributed by atoms with van der Waals surface area (Å²) in [6.45, 7) is 7.01. The van der Waals surface area contributed by atoms with Gasteiger partial charge in [0.05, 0.1) is 19.1 Å². The van der Waals surface area contributed by atoms with Crippen LogP contribution in [0.5, 0.6) is 0 Å². The fourth-order valence-electron chi connectivity index (χ4n) is 1.82. The lowest BCUT2D eigenvalue weighted by molar-refractivity contribution is -0.137. The number of amides is 1. The van der Waals surface area contributed by atoms with Gasteiger partial charge in [0.15, 0.2) is 0 Å². The fraction of sp³-hybridized carbons (Fsp3) is 0.500. The maximum Gasteiger partial charge on any atom is 0.305 e. The number of carbonyl (C=O) groups excluding carboxylic acids is 1. The van der Waals surface area contributed by atoms with Crippen molar-refractivity contribution < 1.29 is 19.4 Å². The van der Waals surface area contributed by atoms with E-state index in [0.717, 1.165) is 5.56 Å². The zero-order chi connectivity index (χ0) is 15.8. The van der Waals surface area contributed by atoms with E-state index in [4.69, 9.17) is 9.84 Å². The molecule has 0 saturated heterocycles. The Hall–Kier alpha value is -1.88. The molecule has 0 aliphatic rings. The van der Waals surface area contributed by atoms with Crippen molar-refractivity contribution in [3.05, 3.63) is 35.4 Å². The average Bonchev–Trinajstić information content (AvgIpc) is 2.45. The fourth-order valence-corrected chi connectivity index (χ4v) is 1.82. The highest BCUT2D eigenvalue weighted by atomic mass is 16.5. The smallest absolute Gasteiger partial charge is 0.305 e. The van der Waals surface area contributed by atoms with Crippen molar-refractivity contribution >= 4 is 11.9 Å². The van der Waals surface area contributed by atoms with Crippen molar-refractivity contribution in [1.29, 1.82) is 0 Å². The average molecular weight is 293 g/mol. The van der Waals surface area contributed by atoms with Gasteiger partial charge in [-0.05, 0) is 38.5 Å². The third kappa shape index (κ3) is 5.95. The summed E-state index contributed by atoms with van der Waals surface area (Å²) in [6.07, 6.45) is 0.123. The lowest BCUT2D eigenvalue weighted by Gasteiger charge is -2.20. The molecule has 0 bridgehead atoms. The Morgan fingerprint density at radius 2 is 1.86 bits per heavy atom. The SMILES string of the molecule is CCN(CCC(=O)O)C(=O)c1ccc(COC(C)C)cc1. The Morgan fingerprint density at radius 1 is 1.24 bits per heavy atom. The summed E-state index contributed by atoms with van der Waals surface area (Å²) >= 11 is 0. The lowest BCUT2D eigenvalue weighted by atomic mass is 10.1. The van der Waals surface area contributed by atoms with Crippen LogP contribution in [0.3, 0.4) is 0 Å². The highest BCUT2D eigenvalue weighted by Crippen LogP contribution is 2.10. The Labute approximate surface area is 125 Å². The van der Waals surface area contributed by atoms with Crippen LogP contribution < -0.4 is 0 Å². The molecule has 5 nitrogen and oxygen atoms in total. The molecule has 0 atom stereocenters. The number of hydrogen-bond donors (Lipinski definition) is 1. The predicted molar refractivity (Wildman–Crippen MR) is 80.2 cm³/mol. The van der Waals surface area contributed by atoms with E-state index < -0.39 is 5.97 Å². The van der Waals surface area contributed by atoms with Crippen LogP contribution >= 0.6 is 0 Å². The monoisotopic (exact) mass is 293 g/mol.